The Morgan fingerprint density at radius 3 is 2.67 bits per heavy atom. The Morgan fingerprint density at radius 1 is 1.25 bits per heavy atom. The number of fused-ring (bicyclic) bond motifs is 1. The first-order valence-corrected chi connectivity index (χ1v) is 4.67. The Morgan fingerprint density at radius 2 is 1.92 bits per heavy atom. The van der Waals surface area contributed by atoms with Gasteiger partial charge < -0.3 is 5.32 Å². The van der Waals surface area contributed by atoms with E-state index in [1.54, 1.807) is 11.8 Å². The molecule has 1 aromatic rings. The molecule has 0 unspecified atom stereocenters. The molecule has 1 aliphatic rings. The van der Waals surface area contributed by atoms with Crippen molar-refractivity contribution in [2.24, 2.45) is 5.73 Å². The highest BCUT2D eigenvalue weighted by molar-refractivity contribution is 8.02. The summed E-state index contributed by atoms with van der Waals surface area (Å²) in [6.07, 6.45) is 0. The third-order valence-corrected chi connectivity index (χ3v) is 2.95. The van der Waals surface area contributed by atoms with Crippen molar-refractivity contribution < 1.29 is 0 Å². The van der Waals surface area contributed by atoms with Crippen molar-refractivity contribution in [2.75, 3.05) is 5.32 Å². The SMILES string of the molecule is Cc1cc2c(cc1C)S[C](N)N2. The first kappa shape index (κ1) is 7.95. The molecule has 1 heterocycles. The largest absolute Gasteiger partial charge is 0.354 e. The maximum atomic E-state index is 5.65. The van der Waals surface area contributed by atoms with E-state index in [9.17, 15) is 0 Å². The molecule has 0 aliphatic carbocycles. The third kappa shape index (κ3) is 1.19. The maximum Gasteiger partial charge on any atom is 0.187 e. The van der Waals surface area contributed by atoms with Crippen LogP contribution in [-0.2, 0) is 0 Å². The number of rotatable bonds is 0. The number of hydrogen-bond acceptors (Lipinski definition) is 3. The van der Waals surface area contributed by atoms with Gasteiger partial charge in [0.2, 0.25) is 0 Å². The number of anilines is 1. The molecule has 0 spiro atoms. The summed E-state index contributed by atoms with van der Waals surface area (Å²) in [5, 5.41) is 3.12. The fourth-order valence-electron chi connectivity index (χ4n) is 1.25. The van der Waals surface area contributed by atoms with Gasteiger partial charge >= 0.3 is 0 Å². The fraction of sp³-hybridized carbons (Fsp3) is 0.222. The topological polar surface area (TPSA) is 38.0 Å². The van der Waals surface area contributed by atoms with Crippen LogP contribution < -0.4 is 11.1 Å². The van der Waals surface area contributed by atoms with Gasteiger partial charge in [0.15, 0.2) is 5.50 Å². The Labute approximate surface area is 76.5 Å². The second kappa shape index (κ2) is 2.68. The van der Waals surface area contributed by atoms with Crippen LogP contribution in [0.4, 0.5) is 5.69 Å². The Hall–Kier alpha value is -0.670. The molecule has 0 saturated heterocycles. The molecule has 12 heavy (non-hydrogen) atoms. The van der Waals surface area contributed by atoms with Crippen LogP contribution in [0.3, 0.4) is 0 Å². The number of benzene rings is 1. The van der Waals surface area contributed by atoms with E-state index >= 15 is 0 Å². The van der Waals surface area contributed by atoms with Gasteiger partial charge in [-0.2, -0.15) is 0 Å². The third-order valence-electron chi connectivity index (χ3n) is 2.07. The second-order valence-electron chi connectivity index (χ2n) is 3.02. The van der Waals surface area contributed by atoms with Crippen LogP contribution >= 0.6 is 11.8 Å². The molecule has 0 aromatic heterocycles. The lowest BCUT2D eigenvalue weighted by atomic mass is 10.1. The molecule has 2 nitrogen and oxygen atoms in total. The number of thioether (sulfide) groups is 1. The van der Waals surface area contributed by atoms with Gasteiger partial charge in [0, 0.05) is 4.90 Å². The molecule has 0 saturated carbocycles. The summed E-state index contributed by atoms with van der Waals surface area (Å²) in [7, 11) is 0. The molecule has 0 bridgehead atoms. The lowest BCUT2D eigenvalue weighted by molar-refractivity contribution is 1.25. The Balaban J connectivity index is 2.48. The predicted octanol–water partition coefficient (Wildman–Crippen LogP) is 2.23. The van der Waals surface area contributed by atoms with Gasteiger partial charge in [-0.05, 0) is 37.1 Å². The second-order valence-corrected chi connectivity index (χ2v) is 4.11. The minimum atomic E-state index is 0.773. The molecule has 1 radical (unpaired) electrons. The van der Waals surface area contributed by atoms with Gasteiger partial charge in [-0.25, -0.2) is 0 Å². The summed E-state index contributed by atoms with van der Waals surface area (Å²) in [6, 6.07) is 4.31. The van der Waals surface area contributed by atoms with Gasteiger partial charge in [0.25, 0.3) is 0 Å². The smallest absolute Gasteiger partial charge is 0.187 e. The van der Waals surface area contributed by atoms with E-state index in [0.29, 0.717) is 0 Å². The predicted molar refractivity (Wildman–Crippen MR) is 52.8 cm³/mol. The average Bonchev–Trinajstić information content (AvgIpc) is 2.30. The molecule has 1 aromatic carbocycles. The van der Waals surface area contributed by atoms with Crippen molar-refractivity contribution in [2.45, 2.75) is 18.7 Å². The van der Waals surface area contributed by atoms with Crippen molar-refractivity contribution in [3.8, 4) is 0 Å². The van der Waals surface area contributed by atoms with Gasteiger partial charge in [-0.3, -0.25) is 5.73 Å². The molecule has 3 heteroatoms. The van der Waals surface area contributed by atoms with Crippen LogP contribution in [0.2, 0.25) is 0 Å². The van der Waals surface area contributed by atoms with E-state index in [4.69, 9.17) is 5.73 Å². The minimum Gasteiger partial charge on any atom is -0.354 e. The molecule has 3 N–H and O–H groups in total. The van der Waals surface area contributed by atoms with Crippen LogP contribution in [0.25, 0.3) is 0 Å². The monoisotopic (exact) mass is 179 g/mol. The summed E-state index contributed by atoms with van der Waals surface area (Å²) >= 11 is 1.60. The van der Waals surface area contributed by atoms with Crippen LogP contribution in [0, 0.1) is 19.3 Å². The zero-order valence-electron chi connectivity index (χ0n) is 7.14. The van der Waals surface area contributed by atoms with E-state index < -0.39 is 0 Å². The van der Waals surface area contributed by atoms with Gasteiger partial charge in [-0.1, -0.05) is 11.8 Å². The highest BCUT2D eigenvalue weighted by atomic mass is 32.2. The van der Waals surface area contributed by atoms with E-state index in [1.807, 2.05) is 0 Å². The number of nitrogens with two attached hydrogens (primary N) is 1. The van der Waals surface area contributed by atoms with E-state index in [1.165, 1.54) is 16.0 Å². The van der Waals surface area contributed by atoms with Crippen LogP contribution in [0.1, 0.15) is 11.1 Å². The molecule has 0 amide bonds. The van der Waals surface area contributed by atoms with Crippen molar-refractivity contribution in [3.05, 3.63) is 28.8 Å². The van der Waals surface area contributed by atoms with Crippen molar-refractivity contribution in [1.82, 2.24) is 0 Å². The van der Waals surface area contributed by atoms with E-state index in [-0.39, 0.29) is 0 Å². The lowest BCUT2D eigenvalue weighted by Gasteiger charge is -2.03. The molecule has 2 rings (SSSR count). The molecular weight excluding hydrogens is 168 g/mol. The zero-order chi connectivity index (χ0) is 8.72. The number of aryl methyl sites for hydroxylation is 2. The summed E-state index contributed by atoms with van der Waals surface area (Å²) in [5.41, 5.74) is 10.2. The number of hydrogen-bond donors (Lipinski definition) is 2. The minimum absolute atomic E-state index is 0.773. The van der Waals surface area contributed by atoms with Gasteiger partial charge in [-0.15, -0.1) is 0 Å². The maximum absolute atomic E-state index is 5.65. The summed E-state index contributed by atoms with van der Waals surface area (Å²) in [6.45, 7) is 4.22. The van der Waals surface area contributed by atoms with Gasteiger partial charge in [0.05, 0.1) is 5.69 Å². The molecule has 63 valence electrons. The highest BCUT2D eigenvalue weighted by Gasteiger charge is 2.19. The van der Waals surface area contributed by atoms with Crippen LogP contribution in [0.15, 0.2) is 17.0 Å². The molecule has 0 atom stereocenters. The fourth-order valence-corrected chi connectivity index (χ4v) is 2.10. The summed E-state index contributed by atoms with van der Waals surface area (Å²) in [4.78, 5) is 1.23. The Kier molecular flexibility index (Phi) is 1.77. The molecular formula is C9H11N2S. The first-order valence-electron chi connectivity index (χ1n) is 3.85. The van der Waals surface area contributed by atoms with Crippen molar-refractivity contribution in [3.63, 3.8) is 0 Å². The quantitative estimate of drug-likeness (QED) is 0.641. The number of nitrogens with one attached hydrogen (secondary N) is 1. The summed E-state index contributed by atoms with van der Waals surface area (Å²) < 4.78 is 0. The normalized spacial score (nSPS) is 15.9. The first-order chi connectivity index (χ1) is 5.66. The highest BCUT2D eigenvalue weighted by Crippen LogP contribution is 2.40. The van der Waals surface area contributed by atoms with Crippen molar-refractivity contribution >= 4 is 17.4 Å². The molecule has 0 fully saturated rings. The van der Waals surface area contributed by atoms with Crippen molar-refractivity contribution in [1.29, 1.82) is 0 Å². The lowest BCUT2D eigenvalue weighted by Crippen LogP contribution is -2.10. The average molecular weight is 179 g/mol. The van der Waals surface area contributed by atoms with Gasteiger partial charge in [0.1, 0.15) is 0 Å². The summed E-state index contributed by atoms with van der Waals surface area (Å²) in [5.74, 6) is 0. The zero-order valence-corrected chi connectivity index (χ0v) is 7.96. The molecule has 1 aliphatic heterocycles. The van der Waals surface area contributed by atoms with E-state index in [0.717, 1.165) is 11.2 Å². The van der Waals surface area contributed by atoms with E-state index in [2.05, 4.69) is 31.3 Å². The van der Waals surface area contributed by atoms with Crippen LogP contribution in [-0.4, -0.2) is 0 Å². The Bertz CT molecular complexity index is 292. The van der Waals surface area contributed by atoms with Crippen LogP contribution in [0.5, 0.6) is 0 Å². The standard InChI is InChI=1S/C9H11N2S/c1-5-3-7-8(4-6(5)2)12-9(10)11-7/h3-4,11H,10H2,1-2H3.